The van der Waals surface area contributed by atoms with Gasteiger partial charge >= 0.3 is 0 Å². The van der Waals surface area contributed by atoms with Crippen LogP contribution < -0.4 is 15.5 Å². The van der Waals surface area contributed by atoms with Gasteiger partial charge in [-0.1, -0.05) is 17.3 Å². The quantitative estimate of drug-likeness (QED) is 0.169. The van der Waals surface area contributed by atoms with Gasteiger partial charge in [0.25, 0.3) is 0 Å². The highest BCUT2D eigenvalue weighted by atomic mass is 16.2. The van der Waals surface area contributed by atoms with E-state index in [0.29, 0.717) is 65.2 Å². The highest BCUT2D eigenvalue weighted by Gasteiger charge is 2.40. The standard InChI is InChI=1S/C43H49N13O2/c1-27(19-44)49-36-18-39(56-41-33(22-48-56)17-31(20-45)21-47-41)46-23-38(36)55-26-37(51-52-55)32-7-5-30(6-8-32)14-16-53-24-29(3)54(25-28(53)2)35-11-9-34(10-12-35)43(4)15-13-40(57)50-42(43)58/h9-12,17-18,21-23,26-30,32H,5-8,13-16,24-25H2,1-4H3,(H,46,49)(H,50,57,58)/t27-,28+,29-,30?,32?,43-/m1/s1. The van der Waals surface area contributed by atoms with Crippen molar-refractivity contribution in [1.29, 1.82) is 10.5 Å². The minimum Gasteiger partial charge on any atom is -0.368 e. The van der Waals surface area contributed by atoms with Gasteiger partial charge in [0.05, 0.1) is 47.0 Å². The van der Waals surface area contributed by atoms with Crippen molar-refractivity contribution in [2.24, 2.45) is 5.92 Å². The lowest BCUT2D eigenvalue weighted by Gasteiger charge is -2.46. The third kappa shape index (κ3) is 7.62. The van der Waals surface area contributed by atoms with Crippen LogP contribution in [0.1, 0.15) is 95.4 Å². The van der Waals surface area contributed by atoms with Crippen molar-refractivity contribution >= 4 is 34.2 Å². The molecule has 298 valence electrons. The molecular weight excluding hydrogens is 731 g/mol. The van der Waals surface area contributed by atoms with Gasteiger partial charge in [-0.25, -0.2) is 14.6 Å². The maximum absolute atomic E-state index is 12.7. The zero-order valence-corrected chi connectivity index (χ0v) is 33.5. The van der Waals surface area contributed by atoms with E-state index in [1.54, 1.807) is 34.7 Å². The Hall–Kier alpha value is -6.19. The smallest absolute Gasteiger partial charge is 0.236 e. The molecule has 15 heteroatoms. The number of anilines is 2. The summed E-state index contributed by atoms with van der Waals surface area (Å²) in [5.74, 6) is 1.11. The largest absolute Gasteiger partial charge is 0.368 e. The number of nitrogens with zero attached hydrogens (tertiary/aromatic N) is 11. The van der Waals surface area contributed by atoms with E-state index in [1.165, 1.54) is 18.3 Å². The third-order valence-corrected chi connectivity index (χ3v) is 12.6. The molecule has 1 aromatic carbocycles. The first kappa shape index (κ1) is 38.7. The van der Waals surface area contributed by atoms with Crippen molar-refractivity contribution in [1.82, 2.24) is 45.0 Å². The van der Waals surface area contributed by atoms with Crippen LogP contribution in [-0.2, 0) is 15.0 Å². The molecular formula is C43H49N13O2. The molecule has 1 aliphatic carbocycles. The Kier molecular flexibility index (Phi) is 10.7. The molecule has 4 aromatic heterocycles. The fraction of sp³-hybridized carbons (Fsp3) is 0.465. The van der Waals surface area contributed by atoms with Gasteiger partial charge in [-0.05, 0) is 102 Å². The summed E-state index contributed by atoms with van der Waals surface area (Å²) in [6.45, 7) is 11.4. The number of piperidine rings is 1. The topological polar surface area (TPSA) is 187 Å². The number of piperazine rings is 1. The number of amides is 2. The molecule has 6 heterocycles. The number of aromatic nitrogens is 7. The Labute approximate surface area is 338 Å². The molecule has 15 nitrogen and oxygen atoms in total. The van der Waals surface area contributed by atoms with Crippen molar-refractivity contribution in [3.63, 3.8) is 0 Å². The van der Waals surface area contributed by atoms with Gasteiger partial charge in [-0.2, -0.15) is 20.3 Å². The molecule has 0 unspecified atom stereocenters. The maximum Gasteiger partial charge on any atom is 0.236 e. The van der Waals surface area contributed by atoms with Gasteiger partial charge in [-0.15, -0.1) is 5.10 Å². The molecule has 0 bridgehead atoms. The number of carbonyl (C=O) groups excluding carboxylic acids is 2. The summed E-state index contributed by atoms with van der Waals surface area (Å²) in [7, 11) is 0. The lowest BCUT2D eigenvalue weighted by atomic mass is 9.75. The molecule has 8 rings (SSSR count). The monoisotopic (exact) mass is 779 g/mol. The summed E-state index contributed by atoms with van der Waals surface area (Å²) in [6.07, 6.45) is 13.4. The number of imide groups is 1. The Morgan fingerprint density at radius 3 is 2.53 bits per heavy atom. The second-order valence-corrected chi connectivity index (χ2v) is 16.6. The second kappa shape index (κ2) is 16.0. The molecule has 2 aliphatic heterocycles. The number of benzene rings is 1. The summed E-state index contributed by atoms with van der Waals surface area (Å²) in [6, 6.07) is 16.6. The van der Waals surface area contributed by atoms with E-state index in [0.717, 1.165) is 62.0 Å². The first-order valence-electron chi connectivity index (χ1n) is 20.3. The molecule has 2 saturated heterocycles. The highest BCUT2D eigenvalue weighted by Crippen LogP contribution is 2.38. The second-order valence-electron chi connectivity index (χ2n) is 16.6. The van der Waals surface area contributed by atoms with Crippen molar-refractivity contribution < 1.29 is 9.59 Å². The Balaban J connectivity index is 0.861. The Bertz CT molecular complexity index is 2400. The fourth-order valence-electron chi connectivity index (χ4n) is 8.91. The summed E-state index contributed by atoms with van der Waals surface area (Å²) in [5.41, 5.74) is 4.78. The van der Waals surface area contributed by atoms with Crippen LogP contribution in [0.3, 0.4) is 0 Å². The van der Waals surface area contributed by atoms with Crippen molar-refractivity contribution in [2.75, 3.05) is 29.9 Å². The molecule has 0 spiro atoms. The Morgan fingerprint density at radius 1 is 1.00 bits per heavy atom. The van der Waals surface area contributed by atoms with E-state index in [-0.39, 0.29) is 11.8 Å². The van der Waals surface area contributed by atoms with Crippen LogP contribution in [0.25, 0.3) is 22.5 Å². The van der Waals surface area contributed by atoms with Crippen molar-refractivity contribution in [2.45, 2.75) is 102 Å². The first-order chi connectivity index (χ1) is 28.0. The summed E-state index contributed by atoms with van der Waals surface area (Å²) in [4.78, 5) is 38.7. The minimum atomic E-state index is -0.685. The molecule has 3 aliphatic rings. The molecule has 2 N–H and O–H groups in total. The normalized spacial score (nSPS) is 24.6. The van der Waals surface area contributed by atoms with Crippen molar-refractivity contribution in [3.8, 4) is 23.6 Å². The number of hydrogen-bond donors (Lipinski definition) is 2. The van der Waals surface area contributed by atoms with Crippen LogP contribution in [0.15, 0.2) is 61.2 Å². The van der Waals surface area contributed by atoms with Gasteiger partial charge < -0.3 is 10.2 Å². The number of rotatable bonds is 10. The van der Waals surface area contributed by atoms with E-state index in [2.05, 4.69) is 96.1 Å². The van der Waals surface area contributed by atoms with Crippen LogP contribution in [-0.4, -0.2) is 89.2 Å². The number of carbonyl (C=O) groups is 2. The number of nitriles is 2. The van der Waals surface area contributed by atoms with E-state index >= 15 is 0 Å². The molecule has 3 fully saturated rings. The first-order valence-corrected chi connectivity index (χ1v) is 20.3. The van der Waals surface area contributed by atoms with E-state index < -0.39 is 11.5 Å². The predicted octanol–water partition coefficient (Wildman–Crippen LogP) is 5.55. The van der Waals surface area contributed by atoms with Crippen LogP contribution in [0.4, 0.5) is 11.4 Å². The summed E-state index contributed by atoms with van der Waals surface area (Å²) >= 11 is 0. The third-order valence-electron chi connectivity index (χ3n) is 12.6. The zero-order valence-electron chi connectivity index (χ0n) is 33.5. The van der Waals surface area contributed by atoms with Crippen molar-refractivity contribution in [3.05, 3.63) is 78.0 Å². The molecule has 4 atom stereocenters. The summed E-state index contributed by atoms with van der Waals surface area (Å²) < 4.78 is 3.35. The molecule has 0 radical (unpaired) electrons. The average Bonchev–Trinajstić information content (AvgIpc) is 3.91. The lowest BCUT2D eigenvalue weighted by molar-refractivity contribution is -0.137. The average molecular weight is 780 g/mol. The van der Waals surface area contributed by atoms with Gasteiger partial charge in [0.1, 0.15) is 17.8 Å². The molecule has 5 aromatic rings. The summed E-state index contributed by atoms with van der Waals surface area (Å²) in [5, 5.41) is 39.0. The number of pyridine rings is 2. The van der Waals surface area contributed by atoms with Gasteiger partial charge in [0.2, 0.25) is 11.8 Å². The van der Waals surface area contributed by atoms with E-state index in [4.69, 9.17) is 0 Å². The highest BCUT2D eigenvalue weighted by molar-refractivity contribution is 6.03. The zero-order chi connectivity index (χ0) is 40.6. The lowest BCUT2D eigenvalue weighted by Crippen LogP contribution is -2.56. The fourth-order valence-corrected chi connectivity index (χ4v) is 8.91. The Morgan fingerprint density at radius 2 is 1.79 bits per heavy atom. The SMILES string of the molecule is C[C@H](C#N)Nc1cc(-n2ncc3cc(C#N)cnc32)ncc1-n1cc(C2CCC(CCN3C[C@@H](C)N(c4ccc([C@@]5(C)CCC(=O)NC5=O)cc4)C[C@@H]3C)CC2)nn1. The van der Waals surface area contributed by atoms with Gasteiger partial charge in [0.15, 0.2) is 11.5 Å². The van der Waals surface area contributed by atoms with Crippen LogP contribution in [0.5, 0.6) is 0 Å². The molecule has 2 amide bonds. The number of hydrogen-bond acceptors (Lipinski definition) is 12. The van der Waals surface area contributed by atoms with Crippen LogP contribution >= 0.6 is 0 Å². The van der Waals surface area contributed by atoms with E-state index in [1.807, 2.05) is 19.2 Å². The van der Waals surface area contributed by atoms with Gasteiger partial charge in [-0.3, -0.25) is 19.8 Å². The molecule has 1 saturated carbocycles. The number of nitrogens with one attached hydrogen (secondary N) is 2. The van der Waals surface area contributed by atoms with Crippen LogP contribution in [0, 0.1) is 28.6 Å². The minimum absolute atomic E-state index is 0.194. The predicted molar refractivity (Wildman–Crippen MR) is 218 cm³/mol. The maximum atomic E-state index is 12.7. The molecule has 58 heavy (non-hydrogen) atoms. The van der Waals surface area contributed by atoms with E-state index in [9.17, 15) is 20.1 Å². The number of fused-ring (bicyclic) bond motifs is 1. The van der Waals surface area contributed by atoms with Gasteiger partial charge in [0, 0.05) is 60.8 Å². The van der Waals surface area contributed by atoms with Crippen LogP contribution in [0.2, 0.25) is 0 Å².